The Morgan fingerprint density at radius 3 is 2.75 bits per heavy atom. The van der Waals surface area contributed by atoms with Crippen LogP contribution in [0.3, 0.4) is 0 Å². The van der Waals surface area contributed by atoms with Gasteiger partial charge < -0.3 is 15.1 Å². The minimum atomic E-state index is -0.573. The van der Waals surface area contributed by atoms with Crippen molar-refractivity contribution in [2.24, 2.45) is 5.41 Å². The number of carbonyl (C=O) groups excluding carboxylic acids is 2. The van der Waals surface area contributed by atoms with Gasteiger partial charge in [0.2, 0.25) is 5.91 Å². The fourth-order valence-electron chi connectivity index (χ4n) is 2.63. The molecule has 1 aliphatic carbocycles. The number of furan rings is 1. The predicted molar refractivity (Wildman–Crippen MR) is 75.2 cm³/mol. The summed E-state index contributed by atoms with van der Waals surface area (Å²) in [5, 5.41) is 5.63. The summed E-state index contributed by atoms with van der Waals surface area (Å²) < 4.78 is 4.99. The molecule has 0 spiro atoms. The molecule has 0 saturated heterocycles. The van der Waals surface area contributed by atoms with Gasteiger partial charge in [-0.1, -0.05) is 13.8 Å². The fourth-order valence-corrected chi connectivity index (χ4v) is 2.63. The lowest BCUT2D eigenvalue weighted by atomic mass is 9.92. The van der Waals surface area contributed by atoms with Crippen LogP contribution >= 0.6 is 0 Å². The van der Waals surface area contributed by atoms with Crippen LogP contribution in [0.2, 0.25) is 0 Å². The number of hydrogen-bond acceptors (Lipinski definition) is 3. The van der Waals surface area contributed by atoms with E-state index in [9.17, 15) is 9.59 Å². The number of carbonyl (C=O) groups is 2. The van der Waals surface area contributed by atoms with Crippen LogP contribution in [0, 0.1) is 5.41 Å². The molecule has 0 aromatic carbocycles. The Balaban J connectivity index is 1.82. The highest BCUT2D eigenvalue weighted by Gasteiger charge is 2.32. The summed E-state index contributed by atoms with van der Waals surface area (Å²) in [6.45, 7) is 6.10. The van der Waals surface area contributed by atoms with Crippen LogP contribution in [0.25, 0.3) is 0 Å². The van der Waals surface area contributed by atoms with E-state index in [1.165, 1.54) is 6.26 Å². The van der Waals surface area contributed by atoms with E-state index in [1.807, 2.05) is 0 Å². The maximum Gasteiger partial charge on any atom is 0.287 e. The molecule has 110 valence electrons. The summed E-state index contributed by atoms with van der Waals surface area (Å²) in [5.74, 6) is -0.302. The van der Waals surface area contributed by atoms with Crippen LogP contribution in [0.1, 0.15) is 50.6 Å². The predicted octanol–water partition coefficient (Wildman–Crippen LogP) is 2.09. The molecule has 0 radical (unpaired) electrons. The molecule has 2 N–H and O–H groups in total. The molecule has 1 heterocycles. The number of nitrogens with one attached hydrogen (secondary N) is 2. The molecule has 1 saturated carbocycles. The molecule has 1 aromatic rings. The molecular weight excluding hydrogens is 256 g/mol. The van der Waals surface area contributed by atoms with E-state index >= 15 is 0 Å². The molecule has 2 rings (SSSR count). The Bertz CT molecular complexity index is 479. The van der Waals surface area contributed by atoms with E-state index in [0.717, 1.165) is 19.3 Å². The zero-order valence-electron chi connectivity index (χ0n) is 12.2. The lowest BCUT2D eigenvalue weighted by molar-refractivity contribution is -0.123. The molecule has 1 aliphatic rings. The first kappa shape index (κ1) is 14.6. The summed E-state index contributed by atoms with van der Waals surface area (Å²) in [7, 11) is 0. The first-order valence-electron chi connectivity index (χ1n) is 7.02. The van der Waals surface area contributed by atoms with Crippen molar-refractivity contribution in [1.29, 1.82) is 0 Å². The fraction of sp³-hybridized carbons (Fsp3) is 0.600. The van der Waals surface area contributed by atoms with Gasteiger partial charge in [-0.3, -0.25) is 9.59 Å². The van der Waals surface area contributed by atoms with Crippen LogP contribution in [0.15, 0.2) is 22.8 Å². The van der Waals surface area contributed by atoms with E-state index in [4.69, 9.17) is 4.42 Å². The zero-order chi connectivity index (χ0) is 14.8. The Hall–Kier alpha value is -1.78. The Labute approximate surface area is 119 Å². The van der Waals surface area contributed by atoms with Crippen molar-refractivity contribution in [3.63, 3.8) is 0 Å². The van der Waals surface area contributed by atoms with Crippen molar-refractivity contribution >= 4 is 11.8 Å². The molecule has 2 atom stereocenters. The number of amides is 2. The molecule has 2 unspecified atom stereocenters. The smallest absolute Gasteiger partial charge is 0.287 e. The third kappa shape index (κ3) is 3.62. The van der Waals surface area contributed by atoms with Crippen molar-refractivity contribution < 1.29 is 14.0 Å². The number of rotatable bonds is 4. The molecule has 1 fully saturated rings. The first-order chi connectivity index (χ1) is 9.37. The zero-order valence-corrected chi connectivity index (χ0v) is 12.2. The van der Waals surface area contributed by atoms with E-state index in [-0.39, 0.29) is 23.6 Å². The summed E-state index contributed by atoms with van der Waals surface area (Å²) in [4.78, 5) is 23.8. The third-order valence-corrected chi connectivity index (χ3v) is 3.80. The van der Waals surface area contributed by atoms with Gasteiger partial charge in [0.15, 0.2) is 5.76 Å². The second kappa shape index (κ2) is 5.69. The highest BCUT2D eigenvalue weighted by Crippen LogP contribution is 2.36. The van der Waals surface area contributed by atoms with Crippen molar-refractivity contribution in [3.8, 4) is 0 Å². The van der Waals surface area contributed by atoms with Crippen LogP contribution < -0.4 is 10.6 Å². The third-order valence-electron chi connectivity index (χ3n) is 3.80. The Kier molecular flexibility index (Phi) is 4.16. The highest BCUT2D eigenvalue weighted by atomic mass is 16.3. The van der Waals surface area contributed by atoms with Crippen molar-refractivity contribution in [1.82, 2.24) is 10.6 Å². The van der Waals surface area contributed by atoms with Gasteiger partial charge in [-0.15, -0.1) is 0 Å². The molecule has 5 heteroatoms. The van der Waals surface area contributed by atoms with Gasteiger partial charge in [-0.05, 0) is 43.7 Å². The molecule has 5 nitrogen and oxygen atoms in total. The van der Waals surface area contributed by atoms with Gasteiger partial charge in [0.25, 0.3) is 5.91 Å². The molecule has 2 amide bonds. The second-order valence-corrected chi connectivity index (χ2v) is 6.28. The molecular formula is C15H22N2O3. The summed E-state index contributed by atoms with van der Waals surface area (Å²) in [6.07, 6.45) is 4.53. The normalized spacial score (nSPS) is 22.2. The van der Waals surface area contributed by atoms with Crippen molar-refractivity contribution in [2.75, 3.05) is 0 Å². The van der Waals surface area contributed by atoms with Crippen LogP contribution in [0.5, 0.6) is 0 Å². The topological polar surface area (TPSA) is 71.3 Å². The standard InChI is InChI=1S/C15H22N2O3/c1-10(16-14(19)12-5-4-8-20-12)13(18)17-11-6-7-15(2,3)9-11/h4-5,8,10-11H,6-7,9H2,1-3H3,(H,16,19)(H,17,18). The monoisotopic (exact) mass is 278 g/mol. The summed E-state index contributed by atoms with van der Waals surface area (Å²) in [6, 6.07) is 2.84. The van der Waals surface area contributed by atoms with E-state index in [2.05, 4.69) is 24.5 Å². The van der Waals surface area contributed by atoms with E-state index in [1.54, 1.807) is 19.1 Å². The molecule has 1 aromatic heterocycles. The van der Waals surface area contributed by atoms with Gasteiger partial charge in [0.1, 0.15) is 6.04 Å². The maximum absolute atomic E-state index is 12.1. The van der Waals surface area contributed by atoms with Crippen LogP contribution in [-0.2, 0) is 4.79 Å². The van der Waals surface area contributed by atoms with Crippen LogP contribution in [0.4, 0.5) is 0 Å². The van der Waals surface area contributed by atoms with Crippen LogP contribution in [-0.4, -0.2) is 23.9 Å². The lowest BCUT2D eigenvalue weighted by Crippen LogP contribution is -2.47. The minimum Gasteiger partial charge on any atom is -0.459 e. The minimum absolute atomic E-state index is 0.146. The maximum atomic E-state index is 12.1. The SMILES string of the molecule is CC(NC(=O)c1ccco1)C(=O)NC1CCC(C)(C)C1. The summed E-state index contributed by atoms with van der Waals surface area (Å²) in [5.41, 5.74) is 0.290. The summed E-state index contributed by atoms with van der Waals surface area (Å²) >= 11 is 0. The van der Waals surface area contributed by atoms with E-state index < -0.39 is 6.04 Å². The molecule has 20 heavy (non-hydrogen) atoms. The first-order valence-corrected chi connectivity index (χ1v) is 7.02. The average molecular weight is 278 g/mol. The van der Waals surface area contributed by atoms with Crippen molar-refractivity contribution in [3.05, 3.63) is 24.2 Å². The molecule has 0 bridgehead atoms. The molecule has 0 aliphatic heterocycles. The average Bonchev–Trinajstić information content (AvgIpc) is 2.98. The highest BCUT2D eigenvalue weighted by molar-refractivity contribution is 5.95. The number of hydrogen-bond donors (Lipinski definition) is 2. The largest absolute Gasteiger partial charge is 0.459 e. The van der Waals surface area contributed by atoms with Gasteiger partial charge in [-0.25, -0.2) is 0 Å². The van der Waals surface area contributed by atoms with E-state index in [0.29, 0.717) is 5.41 Å². The Morgan fingerprint density at radius 2 is 2.20 bits per heavy atom. The van der Waals surface area contributed by atoms with Gasteiger partial charge in [0, 0.05) is 6.04 Å². The lowest BCUT2D eigenvalue weighted by Gasteiger charge is -2.20. The van der Waals surface area contributed by atoms with Gasteiger partial charge in [0.05, 0.1) is 6.26 Å². The van der Waals surface area contributed by atoms with Crippen molar-refractivity contribution in [2.45, 2.75) is 52.1 Å². The Morgan fingerprint density at radius 1 is 1.45 bits per heavy atom. The van der Waals surface area contributed by atoms with Gasteiger partial charge in [-0.2, -0.15) is 0 Å². The quantitative estimate of drug-likeness (QED) is 0.886. The second-order valence-electron chi connectivity index (χ2n) is 6.28. The van der Waals surface area contributed by atoms with Gasteiger partial charge >= 0.3 is 0 Å².